The topological polar surface area (TPSA) is 58.6 Å². The molecule has 0 saturated heterocycles. The zero-order valence-electron chi connectivity index (χ0n) is 16.9. The fourth-order valence-electron chi connectivity index (χ4n) is 3.97. The van der Waals surface area contributed by atoms with Crippen molar-refractivity contribution in [2.45, 2.75) is 38.6 Å². The van der Waals surface area contributed by atoms with Crippen LogP contribution in [0.5, 0.6) is 5.75 Å². The van der Waals surface area contributed by atoms with E-state index < -0.39 is 11.7 Å². The largest absolute Gasteiger partial charge is 0.449 e. The number of anilines is 1. The van der Waals surface area contributed by atoms with Gasteiger partial charge < -0.3 is 10.1 Å². The molecule has 1 fully saturated rings. The van der Waals surface area contributed by atoms with Crippen molar-refractivity contribution >= 4 is 23.6 Å². The molecule has 1 N–H and O–H groups in total. The number of carbonyl (C=O) groups excluding carboxylic acids is 2. The summed E-state index contributed by atoms with van der Waals surface area (Å²) in [5.74, 6) is 0.0132. The Labute approximate surface area is 175 Å². The number of hydrogen-bond acceptors (Lipinski definition) is 3. The first-order valence-electron chi connectivity index (χ1n) is 10.4. The molecule has 30 heavy (non-hydrogen) atoms. The van der Waals surface area contributed by atoms with E-state index in [1.54, 1.807) is 42.5 Å². The van der Waals surface area contributed by atoms with Crippen LogP contribution in [-0.4, -0.2) is 24.4 Å². The third kappa shape index (κ3) is 4.37. The van der Waals surface area contributed by atoms with E-state index in [2.05, 4.69) is 12.2 Å². The Morgan fingerprint density at radius 2 is 1.83 bits per heavy atom. The lowest BCUT2D eigenvalue weighted by Gasteiger charge is -2.31. The number of amides is 2. The van der Waals surface area contributed by atoms with Gasteiger partial charge in [0.1, 0.15) is 12.4 Å². The number of fused-ring (bicyclic) bond motifs is 1. The molecule has 6 heteroatoms. The normalized spacial score (nSPS) is 22.4. The lowest BCUT2D eigenvalue weighted by atomic mass is 9.87. The van der Waals surface area contributed by atoms with Crippen LogP contribution in [0, 0.1) is 11.7 Å². The molecule has 0 unspecified atom stereocenters. The summed E-state index contributed by atoms with van der Waals surface area (Å²) >= 11 is 0. The molecule has 1 aliphatic heterocycles. The summed E-state index contributed by atoms with van der Waals surface area (Å²) in [6, 6.07) is 13.3. The van der Waals surface area contributed by atoms with Crippen LogP contribution in [0.1, 0.15) is 38.2 Å². The number of ether oxygens (including phenoxy) is 1. The quantitative estimate of drug-likeness (QED) is 0.768. The summed E-state index contributed by atoms with van der Waals surface area (Å²) in [5.41, 5.74) is 0.779. The molecule has 2 amide bonds. The Hall–Kier alpha value is -3.15. The summed E-state index contributed by atoms with van der Waals surface area (Å²) in [6.07, 6.45) is 5.48. The average molecular weight is 408 g/mol. The molecule has 0 spiro atoms. The van der Waals surface area contributed by atoms with Crippen LogP contribution in [0.4, 0.5) is 10.1 Å². The number of benzene rings is 2. The second kappa shape index (κ2) is 8.69. The van der Waals surface area contributed by atoms with Crippen molar-refractivity contribution in [3.63, 3.8) is 0 Å². The minimum Gasteiger partial charge on any atom is -0.449 e. The first kappa shape index (κ1) is 20.1. The lowest BCUT2D eigenvalue weighted by Crippen LogP contribution is -2.47. The van der Waals surface area contributed by atoms with Crippen molar-refractivity contribution in [1.29, 1.82) is 0 Å². The monoisotopic (exact) mass is 408 g/mol. The molecule has 2 aromatic rings. The van der Waals surface area contributed by atoms with Crippen molar-refractivity contribution < 1.29 is 18.7 Å². The predicted octanol–water partition coefficient (Wildman–Crippen LogP) is 4.29. The van der Waals surface area contributed by atoms with Crippen molar-refractivity contribution in [2.75, 3.05) is 11.4 Å². The summed E-state index contributed by atoms with van der Waals surface area (Å²) in [6.45, 7) is 2.12. The highest BCUT2D eigenvalue weighted by molar-refractivity contribution is 6.12. The van der Waals surface area contributed by atoms with Gasteiger partial charge in [0.15, 0.2) is 11.5 Å². The van der Waals surface area contributed by atoms with E-state index >= 15 is 0 Å². The summed E-state index contributed by atoms with van der Waals surface area (Å²) in [5, 5.41) is 3.06. The van der Waals surface area contributed by atoms with Gasteiger partial charge in [0, 0.05) is 11.6 Å². The number of hydrogen-bond donors (Lipinski definition) is 1. The fourth-order valence-corrected chi connectivity index (χ4v) is 3.97. The van der Waals surface area contributed by atoms with E-state index in [0.717, 1.165) is 25.7 Å². The SMILES string of the molecule is CC1CCC(NC(=O)CN2C(=O)C(=Cc3ccccc3F)Oc3ccccc32)CC1. The highest BCUT2D eigenvalue weighted by atomic mass is 19.1. The van der Waals surface area contributed by atoms with Crippen molar-refractivity contribution in [1.82, 2.24) is 5.32 Å². The average Bonchev–Trinajstić information content (AvgIpc) is 2.74. The van der Waals surface area contributed by atoms with Crippen LogP contribution in [-0.2, 0) is 9.59 Å². The smallest absolute Gasteiger partial charge is 0.294 e. The summed E-state index contributed by atoms with van der Waals surface area (Å²) < 4.78 is 19.8. The van der Waals surface area contributed by atoms with Crippen LogP contribution in [0.2, 0.25) is 0 Å². The van der Waals surface area contributed by atoms with Crippen molar-refractivity contribution in [3.8, 4) is 5.75 Å². The van der Waals surface area contributed by atoms with E-state index in [-0.39, 0.29) is 29.8 Å². The van der Waals surface area contributed by atoms with E-state index in [1.165, 1.54) is 17.0 Å². The first-order chi connectivity index (χ1) is 14.5. The van der Waals surface area contributed by atoms with E-state index in [1.807, 2.05) is 0 Å². The predicted molar refractivity (Wildman–Crippen MR) is 113 cm³/mol. The molecule has 156 valence electrons. The molecular formula is C24H25FN2O3. The standard InChI is InChI=1S/C24H25FN2O3/c1-16-10-12-18(13-11-16)26-23(28)15-27-20-8-4-5-9-21(20)30-22(24(27)29)14-17-6-2-3-7-19(17)25/h2-9,14,16,18H,10-13,15H2,1H3,(H,26,28). The maximum atomic E-state index is 14.1. The maximum absolute atomic E-state index is 14.1. The molecule has 2 aliphatic rings. The lowest BCUT2D eigenvalue weighted by molar-refractivity contribution is -0.124. The van der Waals surface area contributed by atoms with E-state index in [9.17, 15) is 14.0 Å². The molecule has 0 aromatic heterocycles. The van der Waals surface area contributed by atoms with Crippen LogP contribution < -0.4 is 15.0 Å². The second-order valence-corrected chi connectivity index (χ2v) is 8.02. The molecule has 0 bridgehead atoms. The van der Waals surface area contributed by atoms with Crippen LogP contribution >= 0.6 is 0 Å². The van der Waals surface area contributed by atoms with Gasteiger partial charge in [-0.1, -0.05) is 37.3 Å². The molecular weight excluding hydrogens is 383 g/mol. The molecule has 2 aromatic carbocycles. The third-order valence-electron chi connectivity index (χ3n) is 5.71. The minimum atomic E-state index is -0.468. The van der Waals surface area contributed by atoms with Crippen molar-refractivity contribution in [2.24, 2.45) is 5.92 Å². The highest BCUT2D eigenvalue weighted by Gasteiger charge is 2.32. The molecule has 1 aliphatic carbocycles. The van der Waals surface area contributed by atoms with Gasteiger partial charge in [0.05, 0.1) is 5.69 Å². The van der Waals surface area contributed by atoms with E-state index in [0.29, 0.717) is 17.4 Å². The van der Waals surface area contributed by atoms with Crippen LogP contribution in [0.3, 0.4) is 0 Å². The zero-order chi connectivity index (χ0) is 21.1. The van der Waals surface area contributed by atoms with Gasteiger partial charge in [-0.25, -0.2) is 4.39 Å². The summed E-state index contributed by atoms with van der Waals surface area (Å²) in [7, 11) is 0. The Morgan fingerprint density at radius 1 is 1.13 bits per heavy atom. The van der Waals surface area contributed by atoms with E-state index in [4.69, 9.17) is 4.74 Å². The Bertz CT molecular complexity index is 980. The molecule has 1 heterocycles. The van der Waals surface area contributed by atoms with Gasteiger partial charge >= 0.3 is 0 Å². The number of nitrogens with one attached hydrogen (secondary N) is 1. The summed E-state index contributed by atoms with van der Waals surface area (Å²) in [4.78, 5) is 27.2. The number of rotatable bonds is 4. The number of carbonyl (C=O) groups is 2. The number of halogens is 1. The van der Waals surface area contributed by atoms with Crippen molar-refractivity contribution in [3.05, 3.63) is 65.7 Å². The molecule has 1 saturated carbocycles. The fraction of sp³-hybridized carbons (Fsp3) is 0.333. The Kier molecular flexibility index (Phi) is 5.84. The molecule has 5 nitrogen and oxygen atoms in total. The van der Waals surface area contributed by atoms with Crippen LogP contribution in [0.25, 0.3) is 6.08 Å². The Balaban J connectivity index is 1.56. The van der Waals surface area contributed by atoms with Gasteiger partial charge in [-0.05, 0) is 55.9 Å². The van der Waals surface area contributed by atoms with Gasteiger partial charge in [-0.3, -0.25) is 14.5 Å². The Morgan fingerprint density at radius 3 is 2.60 bits per heavy atom. The number of nitrogens with zero attached hydrogens (tertiary/aromatic N) is 1. The third-order valence-corrected chi connectivity index (χ3v) is 5.71. The maximum Gasteiger partial charge on any atom is 0.294 e. The van der Waals surface area contributed by atoms with Gasteiger partial charge in [-0.2, -0.15) is 0 Å². The molecule has 0 atom stereocenters. The number of para-hydroxylation sites is 2. The van der Waals surface area contributed by atoms with Gasteiger partial charge in [-0.15, -0.1) is 0 Å². The first-order valence-corrected chi connectivity index (χ1v) is 10.4. The minimum absolute atomic E-state index is 0.0157. The zero-order valence-corrected chi connectivity index (χ0v) is 16.9. The second-order valence-electron chi connectivity index (χ2n) is 8.02. The molecule has 0 radical (unpaired) electrons. The van der Waals surface area contributed by atoms with Gasteiger partial charge in [0.2, 0.25) is 5.91 Å². The highest BCUT2D eigenvalue weighted by Crippen LogP contribution is 2.35. The molecule has 4 rings (SSSR count). The van der Waals surface area contributed by atoms with Gasteiger partial charge in [0.25, 0.3) is 5.91 Å². The van der Waals surface area contributed by atoms with Crippen LogP contribution in [0.15, 0.2) is 54.3 Å².